The Morgan fingerprint density at radius 2 is 2.10 bits per heavy atom. The lowest BCUT2D eigenvalue weighted by molar-refractivity contribution is 0.322. The highest BCUT2D eigenvalue weighted by molar-refractivity contribution is 9.10. The maximum Gasteiger partial charge on any atom is 0.244 e. The van der Waals surface area contributed by atoms with Gasteiger partial charge in [0.25, 0.3) is 0 Å². The SMILES string of the molecule is Cc1ccc(S(=O)(=O)N2CCCC2C2CCCN2)c(Br)c1. The van der Waals surface area contributed by atoms with E-state index in [1.54, 1.807) is 10.4 Å². The first-order chi connectivity index (χ1) is 10.00. The number of nitrogens with one attached hydrogen (secondary N) is 1. The second-order valence-electron chi connectivity index (χ2n) is 5.96. The molecule has 0 amide bonds. The molecule has 2 saturated heterocycles. The molecule has 0 aromatic heterocycles. The molecule has 21 heavy (non-hydrogen) atoms. The molecule has 0 bridgehead atoms. The Balaban J connectivity index is 1.93. The van der Waals surface area contributed by atoms with Crippen molar-refractivity contribution in [3.8, 4) is 0 Å². The summed E-state index contributed by atoms with van der Waals surface area (Å²) in [5.41, 5.74) is 1.05. The number of hydrogen-bond donors (Lipinski definition) is 1. The third kappa shape index (κ3) is 2.91. The Morgan fingerprint density at radius 1 is 1.29 bits per heavy atom. The lowest BCUT2D eigenvalue weighted by Gasteiger charge is -2.29. The van der Waals surface area contributed by atoms with E-state index in [-0.39, 0.29) is 6.04 Å². The summed E-state index contributed by atoms with van der Waals surface area (Å²) in [6.07, 6.45) is 4.13. The first-order valence-corrected chi connectivity index (χ1v) is 9.75. The highest BCUT2D eigenvalue weighted by atomic mass is 79.9. The Kier molecular flexibility index (Phi) is 4.41. The van der Waals surface area contributed by atoms with Gasteiger partial charge < -0.3 is 5.32 Å². The smallest absolute Gasteiger partial charge is 0.244 e. The van der Waals surface area contributed by atoms with Crippen molar-refractivity contribution in [1.29, 1.82) is 0 Å². The van der Waals surface area contributed by atoms with Gasteiger partial charge in [0.05, 0.1) is 4.90 Å². The van der Waals surface area contributed by atoms with E-state index in [1.165, 1.54) is 0 Å². The Labute approximate surface area is 135 Å². The van der Waals surface area contributed by atoms with Crippen LogP contribution < -0.4 is 5.32 Å². The van der Waals surface area contributed by atoms with Crippen molar-refractivity contribution in [3.05, 3.63) is 28.2 Å². The summed E-state index contributed by atoms with van der Waals surface area (Å²) in [7, 11) is -3.43. The molecule has 3 rings (SSSR count). The summed E-state index contributed by atoms with van der Waals surface area (Å²) in [5, 5.41) is 3.46. The van der Waals surface area contributed by atoms with Gasteiger partial charge in [-0.25, -0.2) is 8.42 Å². The summed E-state index contributed by atoms with van der Waals surface area (Å²) in [6.45, 7) is 3.59. The van der Waals surface area contributed by atoms with Crippen molar-refractivity contribution in [2.75, 3.05) is 13.1 Å². The molecule has 116 valence electrons. The van der Waals surface area contributed by atoms with E-state index >= 15 is 0 Å². The number of nitrogens with zero attached hydrogens (tertiary/aromatic N) is 1. The third-order valence-corrected chi connectivity index (χ3v) is 7.39. The predicted octanol–water partition coefficient (Wildman–Crippen LogP) is 2.66. The second kappa shape index (κ2) is 5.99. The van der Waals surface area contributed by atoms with E-state index in [9.17, 15) is 8.42 Å². The van der Waals surface area contributed by atoms with Crippen LogP contribution in [0.2, 0.25) is 0 Å². The van der Waals surface area contributed by atoms with Crippen LogP contribution in [0, 0.1) is 6.92 Å². The average Bonchev–Trinajstić information content (AvgIpc) is 3.09. The Bertz CT molecular complexity index is 627. The zero-order chi connectivity index (χ0) is 15.0. The molecule has 2 heterocycles. The van der Waals surface area contributed by atoms with E-state index in [1.807, 2.05) is 19.1 Å². The largest absolute Gasteiger partial charge is 0.312 e. The fourth-order valence-corrected chi connectivity index (χ4v) is 6.33. The minimum absolute atomic E-state index is 0.103. The summed E-state index contributed by atoms with van der Waals surface area (Å²) in [4.78, 5) is 0.387. The van der Waals surface area contributed by atoms with Gasteiger partial charge in [0.15, 0.2) is 0 Å². The number of halogens is 1. The zero-order valence-electron chi connectivity index (χ0n) is 12.2. The predicted molar refractivity (Wildman–Crippen MR) is 86.8 cm³/mol. The van der Waals surface area contributed by atoms with Gasteiger partial charge in [0.2, 0.25) is 10.0 Å². The van der Waals surface area contributed by atoms with Crippen molar-refractivity contribution in [3.63, 3.8) is 0 Å². The van der Waals surface area contributed by atoms with Crippen LogP contribution >= 0.6 is 15.9 Å². The summed E-state index contributed by atoms with van der Waals surface area (Å²) in [6, 6.07) is 5.85. The second-order valence-corrected chi connectivity index (χ2v) is 8.68. The van der Waals surface area contributed by atoms with E-state index in [0.29, 0.717) is 22.0 Å². The standard InChI is InChI=1S/C15H21BrN2O2S/c1-11-6-7-15(12(16)10-11)21(19,20)18-9-3-5-14(18)13-4-2-8-17-13/h6-7,10,13-14,17H,2-5,8-9H2,1H3. The molecule has 0 spiro atoms. The maximum absolute atomic E-state index is 13.0. The molecule has 1 N–H and O–H groups in total. The van der Waals surface area contributed by atoms with Crippen LogP contribution in [-0.2, 0) is 10.0 Å². The first kappa shape index (κ1) is 15.5. The Morgan fingerprint density at radius 3 is 2.76 bits per heavy atom. The van der Waals surface area contributed by atoms with Crippen LogP contribution in [0.1, 0.15) is 31.2 Å². The monoisotopic (exact) mass is 372 g/mol. The first-order valence-electron chi connectivity index (χ1n) is 7.51. The average molecular weight is 373 g/mol. The summed E-state index contributed by atoms with van der Waals surface area (Å²) >= 11 is 3.41. The molecule has 1 aromatic carbocycles. The molecule has 2 fully saturated rings. The highest BCUT2D eigenvalue weighted by Crippen LogP contribution is 2.33. The molecule has 2 aliphatic heterocycles. The molecule has 2 aliphatic rings. The van der Waals surface area contributed by atoms with Gasteiger partial charge in [0.1, 0.15) is 0 Å². The summed E-state index contributed by atoms with van der Waals surface area (Å²) < 4.78 is 28.4. The normalized spacial score (nSPS) is 27.3. The van der Waals surface area contributed by atoms with Crippen LogP contribution in [0.5, 0.6) is 0 Å². The number of benzene rings is 1. The third-order valence-electron chi connectivity index (χ3n) is 4.49. The minimum atomic E-state index is -3.43. The molecule has 2 unspecified atom stereocenters. The van der Waals surface area contributed by atoms with Gasteiger partial charge in [-0.05, 0) is 72.8 Å². The van der Waals surface area contributed by atoms with Gasteiger partial charge in [-0.2, -0.15) is 4.31 Å². The van der Waals surface area contributed by atoms with Crippen LogP contribution in [0.15, 0.2) is 27.6 Å². The molecular formula is C15H21BrN2O2S. The van der Waals surface area contributed by atoms with Crippen LogP contribution in [0.25, 0.3) is 0 Å². The van der Waals surface area contributed by atoms with Crippen molar-refractivity contribution in [2.24, 2.45) is 0 Å². The van der Waals surface area contributed by atoms with E-state index in [4.69, 9.17) is 0 Å². The van der Waals surface area contributed by atoms with Gasteiger partial charge in [-0.3, -0.25) is 0 Å². The van der Waals surface area contributed by atoms with Crippen LogP contribution in [-0.4, -0.2) is 37.9 Å². The maximum atomic E-state index is 13.0. The number of aryl methyl sites for hydroxylation is 1. The van der Waals surface area contributed by atoms with Crippen LogP contribution in [0.4, 0.5) is 0 Å². The van der Waals surface area contributed by atoms with E-state index < -0.39 is 10.0 Å². The Hall–Kier alpha value is -0.430. The van der Waals surface area contributed by atoms with Gasteiger partial charge in [-0.15, -0.1) is 0 Å². The van der Waals surface area contributed by atoms with Crippen molar-refractivity contribution in [2.45, 2.75) is 49.6 Å². The van der Waals surface area contributed by atoms with Crippen molar-refractivity contribution < 1.29 is 8.42 Å². The molecule has 6 heteroatoms. The van der Waals surface area contributed by atoms with E-state index in [0.717, 1.165) is 37.8 Å². The van der Waals surface area contributed by atoms with Gasteiger partial charge in [0, 0.05) is 23.1 Å². The lowest BCUT2D eigenvalue weighted by Crippen LogP contribution is -2.46. The molecular weight excluding hydrogens is 352 g/mol. The lowest BCUT2D eigenvalue weighted by atomic mass is 10.1. The van der Waals surface area contributed by atoms with Crippen LogP contribution in [0.3, 0.4) is 0 Å². The molecule has 0 saturated carbocycles. The number of sulfonamides is 1. The molecule has 4 nitrogen and oxygen atoms in total. The fraction of sp³-hybridized carbons (Fsp3) is 0.600. The molecule has 1 aromatic rings. The molecule has 0 aliphatic carbocycles. The topological polar surface area (TPSA) is 49.4 Å². The van der Waals surface area contributed by atoms with Gasteiger partial charge >= 0.3 is 0 Å². The number of hydrogen-bond acceptors (Lipinski definition) is 3. The highest BCUT2D eigenvalue weighted by Gasteiger charge is 2.40. The minimum Gasteiger partial charge on any atom is -0.312 e. The summed E-state index contributed by atoms with van der Waals surface area (Å²) in [5.74, 6) is 0. The fourth-order valence-electron chi connectivity index (χ4n) is 3.45. The van der Waals surface area contributed by atoms with E-state index in [2.05, 4.69) is 21.2 Å². The number of rotatable bonds is 3. The molecule has 0 radical (unpaired) electrons. The van der Waals surface area contributed by atoms with Gasteiger partial charge in [-0.1, -0.05) is 6.07 Å². The van der Waals surface area contributed by atoms with Crippen molar-refractivity contribution in [1.82, 2.24) is 9.62 Å². The molecule has 2 atom stereocenters. The van der Waals surface area contributed by atoms with Crippen molar-refractivity contribution >= 4 is 26.0 Å². The zero-order valence-corrected chi connectivity index (χ0v) is 14.6. The quantitative estimate of drug-likeness (QED) is 0.886.